The van der Waals surface area contributed by atoms with Gasteiger partial charge in [0.2, 0.25) is 0 Å². The number of hydrogen-bond acceptors (Lipinski definition) is 4. The molecule has 0 saturated carbocycles. The molecule has 0 spiro atoms. The van der Waals surface area contributed by atoms with Gasteiger partial charge in [-0.15, -0.1) is 22.7 Å². The molecule has 0 atom stereocenters. The van der Waals surface area contributed by atoms with E-state index >= 15 is 0 Å². The van der Waals surface area contributed by atoms with Crippen LogP contribution in [0.5, 0.6) is 0 Å². The first kappa shape index (κ1) is 24.5. The van der Waals surface area contributed by atoms with Gasteiger partial charge in [-0.05, 0) is 76.9 Å². The predicted molar refractivity (Wildman–Crippen MR) is 178 cm³/mol. The molecule has 8 rings (SSSR count). The first-order chi connectivity index (χ1) is 20.7. The molecule has 0 aliphatic rings. The van der Waals surface area contributed by atoms with Gasteiger partial charge < -0.3 is 0 Å². The van der Waals surface area contributed by atoms with Crippen molar-refractivity contribution >= 4 is 63.0 Å². The fraction of sp³-hybridized carbons (Fsp3) is 0. The normalized spacial score (nSPS) is 11.3. The topological polar surface area (TPSA) is 47.6 Å². The summed E-state index contributed by atoms with van der Waals surface area (Å²) in [6.07, 6.45) is 0. The van der Waals surface area contributed by atoms with E-state index in [0.29, 0.717) is 11.1 Å². The molecule has 0 fully saturated rings. The minimum Gasteiger partial charge on any atom is -0.192 e. The van der Waals surface area contributed by atoms with Crippen LogP contribution in [0, 0.1) is 22.7 Å². The van der Waals surface area contributed by atoms with Crippen LogP contribution in [-0.2, 0) is 0 Å². The van der Waals surface area contributed by atoms with Gasteiger partial charge in [-0.2, -0.15) is 10.5 Å². The highest BCUT2D eigenvalue weighted by Crippen LogP contribution is 2.43. The number of hydrogen-bond donors (Lipinski definition) is 0. The lowest BCUT2D eigenvalue weighted by molar-refractivity contribution is 1.46. The van der Waals surface area contributed by atoms with Gasteiger partial charge in [-0.1, -0.05) is 66.7 Å². The lowest BCUT2D eigenvalue weighted by Crippen LogP contribution is -1.94. The van der Waals surface area contributed by atoms with Gasteiger partial charge in [0.05, 0.1) is 17.2 Å². The summed E-state index contributed by atoms with van der Waals surface area (Å²) < 4.78 is 4.94. The van der Waals surface area contributed by atoms with E-state index in [-0.39, 0.29) is 0 Å². The largest absolute Gasteiger partial charge is 0.192 e. The van der Waals surface area contributed by atoms with Crippen LogP contribution in [0.15, 0.2) is 121 Å². The molecule has 2 heterocycles. The maximum absolute atomic E-state index is 10.7. The highest BCUT2D eigenvalue weighted by molar-refractivity contribution is 7.26. The van der Waals surface area contributed by atoms with Gasteiger partial charge in [-0.3, -0.25) is 0 Å². The van der Waals surface area contributed by atoms with Gasteiger partial charge >= 0.3 is 0 Å². The summed E-state index contributed by atoms with van der Waals surface area (Å²) in [5.74, 6) is 0. The molecule has 4 heteroatoms. The maximum atomic E-state index is 10.7. The van der Waals surface area contributed by atoms with Crippen molar-refractivity contribution in [1.29, 1.82) is 10.5 Å². The average molecular weight is 569 g/mol. The summed E-state index contributed by atoms with van der Waals surface area (Å²) in [4.78, 5) is 0. The number of nitriles is 2. The van der Waals surface area contributed by atoms with Crippen molar-refractivity contribution in [2.75, 3.05) is 0 Å². The zero-order valence-corrected chi connectivity index (χ0v) is 23.9. The van der Waals surface area contributed by atoms with E-state index in [1.54, 1.807) is 22.7 Å². The minimum atomic E-state index is 0.609. The quantitative estimate of drug-likeness (QED) is 0.213. The van der Waals surface area contributed by atoms with Crippen LogP contribution in [-0.4, -0.2) is 0 Å². The van der Waals surface area contributed by atoms with E-state index in [9.17, 15) is 10.5 Å². The molecule has 8 aromatic rings. The summed E-state index contributed by atoms with van der Waals surface area (Å²) in [6.45, 7) is 0. The SMILES string of the molecule is N#Cc1ccccc1-c1cc(-c2ccc3sc4ccccc4c3c2)c(C#N)c(-c2ccc3sc4ccccc4c3c2)c1. The Balaban J connectivity index is 1.43. The Labute approximate surface area is 250 Å². The first-order valence-electron chi connectivity index (χ1n) is 13.6. The smallest absolute Gasteiger partial charge is 0.100 e. The van der Waals surface area contributed by atoms with E-state index in [0.717, 1.165) is 33.4 Å². The van der Waals surface area contributed by atoms with E-state index < -0.39 is 0 Å². The fourth-order valence-electron chi connectivity index (χ4n) is 5.99. The van der Waals surface area contributed by atoms with Crippen molar-refractivity contribution in [3.8, 4) is 45.5 Å². The van der Waals surface area contributed by atoms with E-state index in [2.05, 4.69) is 109 Å². The van der Waals surface area contributed by atoms with E-state index in [1.807, 2.05) is 24.3 Å². The molecule has 2 nitrogen and oxygen atoms in total. The number of nitrogens with zero attached hydrogens (tertiary/aromatic N) is 2. The standard InChI is InChI=1S/C38H20N2S2/c39-21-25-7-1-2-8-27(25)26-19-30(23-13-15-37-32(17-23)28-9-3-5-11-35(28)41-37)34(22-40)31(20-26)24-14-16-38-33(18-24)29-10-4-6-12-36(29)42-38/h1-20H. The Kier molecular flexibility index (Phi) is 5.66. The Hall–Kier alpha value is -5.26. The summed E-state index contributed by atoms with van der Waals surface area (Å²) >= 11 is 3.57. The average Bonchev–Trinajstić information content (AvgIpc) is 3.61. The van der Waals surface area contributed by atoms with Crippen LogP contribution < -0.4 is 0 Å². The van der Waals surface area contributed by atoms with Crippen LogP contribution in [0.3, 0.4) is 0 Å². The number of rotatable bonds is 3. The zero-order chi connectivity index (χ0) is 28.2. The number of thiophene rings is 2. The third-order valence-corrected chi connectivity index (χ3v) is 10.3. The Morgan fingerprint density at radius 3 is 1.45 bits per heavy atom. The summed E-state index contributed by atoms with van der Waals surface area (Å²) in [7, 11) is 0. The Morgan fingerprint density at radius 2 is 0.905 bits per heavy atom. The highest BCUT2D eigenvalue weighted by Gasteiger charge is 2.18. The molecule has 194 valence electrons. The lowest BCUT2D eigenvalue weighted by Gasteiger charge is -2.15. The van der Waals surface area contributed by atoms with E-state index in [4.69, 9.17) is 0 Å². The summed E-state index contributed by atoms with van der Waals surface area (Å²) in [5.41, 5.74) is 6.72. The van der Waals surface area contributed by atoms with Crippen molar-refractivity contribution in [2.45, 2.75) is 0 Å². The molecule has 2 aromatic heterocycles. The van der Waals surface area contributed by atoms with Gasteiger partial charge in [0, 0.05) is 51.5 Å². The van der Waals surface area contributed by atoms with E-state index in [1.165, 1.54) is 40.3 Å². The second kappa shape index (κ2) is 9.68. The van der Waals surface area contributed by atoms with Crippen LogP contribution in [0.1, 0.15) is 11.1 Å². The highest BCUT2D eigenvalue weighted by atomic mass is 32.1. The molecular weight excluding hydrogens is 549 g/mol. The Morgan fingerprint density at radius 1 is 0.405 bits per heavy atom. The molecule has 42 heavy (non-hydrogen) atoms. The molecule has 0 aliphatic heterocycles. The molecular formula is C38H20N2S2. The second-order valence-corrected chi connectivity index (χ2v) is 12.5. The molecule has 0 saturated heterocycles. The Bertz CT molecular complexity index is 2310. The van der Waals surface area contributed by atoms with Crippen LogP contribution >= 0.6 is 22.7 Å². The molecule has 0 bridgehead atoms. The second-order valence-electron chi connectivity index (χ2n) is 10.3. The third kappa shape index (κ3) is 3.82. The van der Waals surface area contributed by atoms with Crippen LogP contribution in [0.4, 0.5) is 0 Å². The number of benzene rings is 6. The lowest BCUT2D eigenvalue weighted by atomic mass is 9.87. The van der Waals surface area contributed by atoms with Crippen molar-refractivity contribution in [3.63, 3.8) is 0 Å². The van der Waals surface area contributed by atoms with Crippen LogP contribution in [0.25, 0.3) is 73.7 Å². The number of fused-ring (bicyclic) bond motifs is 6. The van der Waals surface area contributed by atoms with Crippen LogP contribution in [0.2, 0.25) is 0 Å². The molecule has 0 aliphatic carbocycles. The van der Waals surface area contributed by atoms with Gasteiger partial charge in [-0.25, -0.2) is 0 Å². The van der Waals surface area contributed by atoms with Gasteiger partial charge in [0.15, 0.2) is 0 Å². The molecule has 0 N–H and O–H groups in total. The fourth-order valence-corrected chi connectivity index (χ4v) is 8.17. The monoisotopic (exact) mass is 568 g/mol. The molecule has 0 unspecified atom stereocenters. The van der Waals surface area contributed by atoms with Crippen molar-refractivity contribution < 1.29 is 0 Å². The zero-order valence-electron chi connectivity index (χ0n) is 22.3. The van der Waals surface area contributed by atoms with Crippen molar-refractivity contribution in [2.24, 2.45) is 0 Å². The predicted octanol–water partition coefficient (Wildman–Crippen LogP) is 11.2. The molecule has 0 amide bonds. The maximum Gasteiger partial charge on any atom is 0.100 e. The molecule has 6 aromatic carbocycles. The minimum absolute atomic E-state index is 0.609. The van der Waals surface area contributed by atoms with Crippen molar-refractivity contribution in [1.82, 2.24) is 0 Å². The van der Waals surface area contributed by atoms with Gasteiger partial charge in [0.1, 0.15) is 6.07 Å². The third-order valence-electron chi connectivity index (χ3n) is 7.98. The first-order valence-corrected chi connectivity index (χ1v) is 15.3. The van der Waals surface area contributed by atoms with Crippen molar-refractivity contribution in [3.05, 3.63) is 132 Å². The van der Waals surface area contributed by atoms with Gasteiger partial charge in [0.25, 0.3) is 0 Å². The summed E-state index contributed by atoms with van der Waals surface area (Å²) in [5, 5.41) is 25.4. The molecule has 0 radical (unpaired) electrons. The summed E-state index contributed by atoms with van der Waals surface area (Å²) in [6, 6.07) is 46.7.